The highest BCUT2D eigenvalue weighted by atomic mass is 32.1. The smallest absolute Gasteiger partial charge is 0.416 e. The summed E-state index contributed by atoms with van der Waals surface area (Å²) in [6, 6.07) is 7.27. The van der Waals surface area contributed by atoms with Gasteiger partial charge in [0.05, 0.1) is 15.3 Å². The number of amides is 2. The van der Waals surface area contributed by atoms with E-state index in [9.17, 15) is 27.9 Å². The van der Waals surface area contributed by atoms with Crippen molar-refractivity contribution in [3.63, 3.8) is 0 Å². The van der Waals surface area contributed by atoms with E-state index in [4.69, 9.17) is 0 Å². The molecule has 3 rings (SSSR count). The Bertz CT molecular complexity index is 1240. The fourth-order valence-electron chi connectivity index (χ4n) is 3.44. The number of nitrogens with zero attached hydrogens (tertiary/aromatic N) is 5. The zero-order valence-electron chi connectivity index (χ0n) is 19.5. The number of anilines is 1. The molecule has 0 aliphatic carbocycles. The van der Waals surface area contributed by atoms with E-state index in [0.29, 0.717) is 18.0 Å². The van der Waals surface area contributed by atoms with Gasteiger partial charge in [-0.15, -0.1) is 16.4 Å². The van der Waals surface area contributed by atoms with Crippen LogP contribution >= 0.6 is 11.3 Å². The number of carbonyl (C=O) groups excluding carboxylic acids is 2. The summed E-state index contributed by atoms with van der Waals surface area (Å²) < 4.78 is 40.0. The second-order valence-electron chi connectivity index (χ2n) is 7.35. The van der Waals surface area contributed by atoms with Crippen LogP contribution in [0.15, 0.2) is 41.5 Å². The van der Waals surface area contributed by atoms with Gasteiger partial charge in [0, 0.05) is 31.9 Å². The van der Waals surface area contributed by atoms with Crippen molar-refractivity contribution in [2.24, 2.45) is 12.1 Å². The van der Waals surface area contributed by atoms with E-state index < -0.39 is 23.4 Å². The lowest BCUT2D eigenvalue weighted by molar-refractivity contribution is -0.137. The van der Waals surface area contributed by atoms with Crippen LogP contribution in [0.4, 0.5) is 19.0 Å². The van der Waals surface area contributed by atoms with Gasteiger partial charge in [0.25, 0.3) is 11.8 Å². The Morgan fingerprint density at radius 1 is 1.09 bits per heavy atom. The molecule has 0 atom stereocenters. The van der Waals surface area contributed by atoms with E-state index in [-0.39, 0.29) is 27.9 Å². The van der Waals surface area contributed by atoms with Crippen LogP contribution in [0.2, 0.25) is 0 Å². The molecule has 1 N–H and O–H groups in total. The third-order valence-electron chi connectivity index (χ3n) is 5.19. The number of halogens is 3. The van der Waals surface area contributed by atoms with Crippen LogP contribution in [-0.4, -0.2) is 50.9 Å². The van der Waals surface area contributed by atoms with Gasteiger partial charge in [-0.2, -0.15) is 23.3 Å². The Balaban J connectivity index is 1.97. The van der Waals surface area contributed by atoms with Gasteiger partial charge in [0.1, 0.15) is 5.69 Å². The molecule has 0 radical (unpaired) electrons. The predicted octanol–water partition coefficient (Wildman–Crippen LogP) is 5.01. The molecule has 8 nitrogen and oxygen atoms in total. The van der Waals surface area contributed by atoms with Crippen molar-refractivity contribution in [3.05, 3.63) is 51.7 Å². The van der Waals surface area contributed by atoms with E-state index in [1.807, 2.05) is 13.8 Å². The summed E-state index contributed by atoms with van der Waals surface area (Å²) in [5.41, 5.74) is -0.447. The molecular weight excluding hydrogens is 483 g/mol. The summed E-state index contributed by atoms with van der Waals surface area (Å²) in [6.45, 7) is 6.34. The first-order chi connectivity index (χ1) is 16.5. The largest absolute Gasteiger partial charge is 0.503 e. The summed E-state index contributed by atoms with van der Waals surface area (Å²) in [5, 5.41) is 20.0. The molecule has 2 amide bonds. The lowest BCUT2D eigenvalue weighted by atomic mass is 10.1. The zero-order chi connectivity index (χ0) is 25.9. The molecule has 0 saturated heterocycles. The minimum atomic E-state index is -4.50. The van der Waals surface area contributed by atoms with Crippen LogP contribution in [0.25, 0.3) is 11.3 Å². The van der Waals surface area contributed by atoms with Crippen LogP contribution in [0.1, 0.15) is 45.7 Å². The van der Waals surface area contributed by atoms with Crippen molar-refractivity contribution in [2.45, 2.75) is 26.9 Å². The van der Waals surface area contributed by atoms with E-state index in [1.54, 1.807) is 17.9 Å². The minimum absolute atomic E-state index is 0.112. The molecule has 0 aliphatic rings. The first-order valence-electron chi connectivity index (χ1n) is 10.7. The summed E-state index contributed by atoms with van der Waals surface area (Å²) >= 11 is 0.995. The highest BCUT2D eigenvalue weighted by Gasteiger charge is 2.31. The molecule has 0 unspecified atom stereocenters. The number of hydrazone groups is 1. The Morgan fingerprint density at radius 3 is 2.17 bits per heavy atom. The summed E-state index contributed by atoms with van der Waals surface area (Å²) in [6.07, 6.45) is -3.16. The van der Waals surface area contributed by atoms with E-state index in [2.05, 4.69) is 10.2 Å². The Labute approximate surface area is 203 Å². The number of benzene rings is 1. The van der Waals surface area contributed by atoms with Crippen LogP contribution in [-0.2, 0) is 13.2 Å². The maximum absolute atomic E-state index is 13.3. The van der Waals surface area contributed by atoms with Gasteiger partial charge in [0.15, 0.2) is 5.75 Å². The summed E-state index contributed by atoms with van der Waals surface area (Å²) in [7, 11) is 1.49. The first kappa shape index (κ1) is 25.9. The number of aryl methyl sites for hydroxylation is 1. The zero-order valence-corrected chi connectivity index (χ0v) is 20.3. The van der Waals surface area contributed by atoms with Crippen LogP contribution in [0.3, 0.4) is 0 Å². The second-order valence-corrected chi connectivity index (χ2v) is 8.44. The highest BCUT2D eigenvalue weighted by Crippen LogP contribution is 2.39. The van der Waals surface area contributed by atoms with Gasteiger partial charge in [-0.05, 0) is 45.0 Å². The van der Waals surface area contributed by atoms with Gasteiger partial charge in [-0.3, -0.25) is 14.3 Å². The fourth-order valence-corrected chi connectivity index (χ4v) is 4.34. The standard InChI is InChI=1S/C23H24F3N5O3S/c1-5-27-31(22(34)17-13-12-16(35-17)21(33)30(6-2)7-3)20-19(32)18(29(4)28-20)14-8-10-15(11-9-14)23(24,25)26/h5,8-13,32H,6-7H2,1-4H3/b27-5+. The van der Waals surface area contributed by atoms with Crippen molar-refractivity contribution in [3.8, 4) is 17.0 Å². The topological polar surface area (TPSA) is 91.0 Å². The van der Waals surface area contributed by atoms with E-state index in [1.165, 1.54) is 36.1 Å². The quantitative estimate of drug-likeness (QED) is 0.360. The van der Waals surface area contributed by atoms with Crippen LogP contribution in [0.5, 0.6) is 5.75 Å². The minimum Gasteiger partial charge on any atom is -0.503 e. The molecule has 1 aromatic carbocycles. The second kappa shape index (κ2) is 10.3. The third-order valence-corrected chi connectivity index (χ3v) is 6.25. The molecule has 2 heterocycles. The molecule has 0 bridgehead atoms. The molecule has 0 saturated carbocycles. The van der Waals surface area contributed by atoms with Gasteiger partial charge in [-0.1, -0.05) is 12.1 Å². The van der Waals surface area contributed by atoms with Gasteiger partial charge < -0.3 is 10.0 Å². The molecule has 0 spiro atoms. The highest BCUT2D eigenvalue weighted by molar-refractivity contribution is 7.16. The van der Waals surface area contributed by atoms with Crippen molar-refractivity contribution in [1.29, 1.82) is 0 Å². The molecule has 0 aliphatic heterocycles. The SMILES string of the molecule is C/C=N/N(C(=O)c1ccc(C(=O)N(CC)CC)s1)c1nn(C)c(-c2ccc(C(F)(F)F)cc2)c1O. The van der Waals surface area contributed by atoms with Crippen LogP contribution < -0.4 is 5.01 Å². The number of rotatable bonds is 7. The molecular formula is C23H24F3N5O3S. The lowest BCUT2D eigenvalue weighted by Crippen LogP contribution is -2.29. The molecule has 0 fully saturated rings. The van der Waals surface area contributed by atoms with Gasteiger partial charge in [-0.25, -0.2) is 0 Å². The summed E-state index contributed by atoms with van der Waals surface area (Å²) in [4.78, 5) is 28.1. The average molecular weight is 508 g/mol. The van der Waals surface area contributed by atoms with Crippen molar-refractivity contribution < 1.29 is 27.9 Å². The Hall–Kier alpha value is -3.67. The molecule has 3 aromatic rings. The first-order valence-corrected chi connectivity index (χ1v) is 11.5. The van der Waals surface area contributed by atoms with E-state index >= 15 is 0 Å². The molecule has 35 heavy (non-hydrogen) atoms. The Kier molecular flexibility index (Phi) is 7.64. The number of aromatic nitrogens is 2. The number of thiophene rings is 1. The van der Waals surface area contributed by atoms with Crippen molar-refractivity contribution >= 4 is 35.2 Å². The maximum atomic E-state index is 13.3. The fraction of sp³-hybridized carbons (Fsp3) is 0.304. The number of aromatic hydroxyl groups is 1. The van der Waals surface area contributed by atoms with E-state index in [0.717, 1.165) is 28.5 Å². The number of alkyl halides is 3. The number of hydrogen-bond acceptors (Lipinski definition) is 6. The lowest BCUT2D eigenvalue weighted by Gasteiger charge is -2.17. The number of carbonyl (C=O) groups is 2. The summed E-state index contributed by atoms with van der Waals surface area (Å²) in [5.74, 6) is -1.45. The van der Waals surface area contributed by atoms with Crippen molar-refractivity contribution in [1.82, 2.24) is 14.7 Å². The number of hydrogen-bond donors (Lipinski definition) is 1. The predicted molar refractivity (Wildman–Crippen MR) is 128 cm³/mol. The Morgan fingerprint density at radius 2 is 1.66 bits per heavy atom. The van der Waals surface area contributed by atoms with Gasteiger partial charge >= 0.3 is 6.18 Å². The maximum Gasteiger partial charge on any atom is 0.416 e. The average Bonchev–Trinajstić information content (AvgIpc) is 3.42. The third kappa shape index (κ3) is 5.21. The van der Waals surface area contributed by atoms with Gasteiger partial charge in [0.2, 0.25) is 5.82 Å². The normalized spacial score (nSPS) is 11.7. The monoisotopic (exact) mass is 507 g/mol. The molecule has 12 heteroatoms. The van der Waals surface area contributed by atoms with Crippen LogP contribution in [0, 0.1) is 0 Å². The molecule has 186 valence electrons. The molecule has 2 aromatic heterocycles. The van der Waals surface area contributed by atoms with Crippen molar-refractivity contribution in [2.75, 3.05) is 18.1 Å².